The molecule has 4 aromatic rings. The predicted octanol–water partition coefficient (Wildman–Crippen LogP) is 5.30. The molecule has 0 bridgehead atoms. The van der Waals surface area contributed by atoms with Gasteiger partial charge in [-0.25, -0.2) is 0 Å². The molecule has 128 valence electrons. The highest BCUT2D eigenvalue weighted by atomic mass is 16.1. The minimum Gasteiger partial charge on any atom is -0.355 e. The first kappa shape index (κ1) is 16.2. The smallest absolute Gasteiger partial charge is 0.260 e. The van der Waals surface area contributed by atoms with Crippen molar-refractivity contribution in [3.05, 3.63) is 101 Å². The third kappa shape index (κ3) is 2.78. The van der Waals surface area contributed by atoms with E-state index in [9.17, 15) is 4.79 Å². The van der Waals surface area contributed by atoms with Crippen molar-refractivity contribution in [3.63, 3.8) is 0 Å². The first-order chi connectivity index (χ1) is 12.8. The van der Waals surface area contributed by atoms with Gasteiger partial charge in [-0.2, -0.15) is 0 Å². The second kappa shape index (κ2) is 6.89. The van der Waals surface area contributed by atoms with Crippen molar-refractivity contribution in [1.82, 2.24) is 4.57 Å². The zero-order valence-electron chi connectivity index (χ0n) is 14.6. The quantitative estimate of drug-likeness (QED) is 0.547. The van der Waals surface area contributed by atoms with E-state index in [1.165, 1.54) is 0 Å². The average molecular weight is 340 g/mol. The van der Waals surface area contributed by atoms with E-state index in [4.69, 9.17) is 0 Å². The highest BCUT2D eigenvalue weighted by Crippen LogP contribution is 2.30. The molecule has 26 heavy (non-hydrogen) atoms. The van der Waals surface area contributed by atoms with Crippen LogP contribution in [0.5, 0.6) is 0 Å². The Hall–Kier alpha value is -3.33. The highest BCUT2D eigenvalue weighted by Gasteiger charge is 2.16. The number of hydrogen-bond donors (Lipinski definition) is 1. The Morgan fingerprint density at radius 2 is 1.42 bits per heavy atom. The fourth-order valence-electron chi connectivity index (χ4n) is 3.36. The summed E-state index contributed by atoms with van der Waals surface area (Å²) in [6.45, 7) is 2.02. The molecule has 3 aromatic carbocycles. The van der Waals surface area contributed by atoms with Crippen LogP contribution in [0.15, 0.2) is 89.7 Å². The molecule has 0 amide bonds. The summed E-state index contributed by atoms with van der Waals surface area (Å²) in [6.07, 6.45) is 0.658. The van der Waals surface area contributed by atoms with Gasteiger partial charge in [0, 0.05) is 22.3 Å². The molecular weight excluding hydrogens is 320 g/mol. The molecule has 0 saturated heterocycles. The van der Waals surface area contributed by atoms with Crippen LogP contribution in [0.3, 0.4) is 0 Å². The lowest BCUT2D eigenvalue weighted by Crippen LogP contribution is -2.24. The molecule has 0 radical (unpaired) electrons. The van der Waals surface area contributed by atoms with E-state index in [-0.39, 0.29) is 5.56 Å². The van der Waals surface area contributed by atoms with Gasteiger partial charge in [0.05, 0.1) is 11.2 Å². The maximum Gasteiger partial charge on any atom is 0.260 e. The van der Waals surface area contributed by atoms with Crippen molar-refractivity contribution in [1.29, 1.82) is 0 Å². The Bertz CT molecular complexity index is 1100. The van der Waals surface area contributed by atoms with E-state index in [0.717, 1.165) is 33.5 Å². The molecule has 3 nitrogen and oxygen atoms in total. The molecule has 0 saturated carbocycles. The number of hydrogen-bond acceptors (Lipinski definition) is 2. The second-order valence-electron chi connectivity index (χ2n) is 6.19. The molecule has 1 N–H and O–H groups in total. The Morgan fingerprint density at radius 3 is 2.12 bits per heavy atom. The third-order valence-electron chi connectivity index (χ3n) is 4.59. The summed E-state index contributed by atoms with van der Waals surface area (Å²) in [7, 11) is 0. The molecule has 0 fully saturated rings. The fraction of sp³-hybridized carbons (Fsp3) is 0.0870. The van der Waals surface area contributed by atoms with Crippen LogP contribution in [0.2, 0.25) is 0 Å². The van der Waals surface area contributed by atoms with Crippen LogP contribution in [0, 0.1) is 0 Å². The number of anilines is 2. The maximum atomic E-state index is 13.3. The summed E-state index contributed by atoms with van der Waals surface area (Å²) < 4.78 is 1.81. The molecule has 3 heteroatoms. The van der Waals surface area contributed by atoms with E-state index in [1.807, 2.05) is 90.4 Å². The van der Waals surface area contributed by atoms with Crippen LogP contribution in [-0.4, -0.2) is 4.57 Å². The lowest BCUT2D eigenvalue weighted by molar-refractivity contribution is 0.981. The van der Waals surface area contributed by atoms with Gasteiger partial charge in [-0.3, -0.25) is 9.36 Å². The molecule has 0 aliphatic rings. The molecular formula is C23H20N2O. The summed E-state index contributed by atoms with van der Waals surface area (Å²) in [6, 6.07) is 27.8. The molecule has 1 aromatic heterocycles. The van der Waals surface area contributed by atoms with Gasteiger partial charge in [0.25, 0.3) is 5.56 Å². The van der Waals surface area contributed by atoms with Gasteiger partial charge in [-0.15, -0.1) is 0 Å². The van der Waals surface area contributed by atoms with E-state index < -0.39 is 0 Å². The predicted molar refractivity (Wildman–Crippen MR) is 109 cm³/mol. The summed E-state index contributed by atoms with van der Waals surface area (Å²) in [5.41, 5.74) is 4.47. The van der Waals surface area contributed by atoms with Crippen molar-refractivity contribution in [2.75, 3.05) is 5.32 Å². The standard InChI is InChI=1S/C23H20N2O/c1-2-19-22(24-17-11-5-3-6-12-17)20-15-9-10-16-21(20)25(23(19)26)18-13-7-4-8-14-18/h3-16,24H,2H2,1H3. The lowest BCUT2D eigenvalue weighted by Gasteiger charge is -2.18. The number of rotatable bonds is 4. The van der Waals surface area contributed by atoms with Gasteiger partial charge < -0.3 is 5.32 Å². The minimum absolute atomic E-state index is 0.0239. The summed E-state index contributed by atoms with van der Waals surface area (Å²) in [5, 5.41) is 4.51. The van der Waals surface area contributed by atoms with Gasteiger partial charge in [-0.05, 0) is 36.8 Å². The number of aromatic nitrogens is 1. The zero-order valence-corrected chi connectivity index (χ0v) is 14.6. The van der Waals surface area contributed by atoms with Crippen LogP contribution in [-0.2, 0) is 6.42 Å². The van der Waals surface area contributed by atoms with E-state index in [2.05, 4.69) is 11.4 Å². The Balaban J connectivity index is 2.04. The molecule has 1 heterocycles. The molecule has 0 atom stereocenters. The Kier molecular flexibility index (Phi) is 4.28. The first-order valence-corrected chi connectivity index (χ1v) is 8.83. The fourth-order valence-corrected chi connectivity index (χ4v) is 3.36. The monoisotopic (exact) mass is 340 g/mol. The maximum absolute atomic E-state index is 13.3. The van der Waals surface area contributed by atoms with Crippen molar-refractivity contribution in [2.45, 2.75) is 13.3 Å². The van der Waals surface area contributed by atoms with Gasteiger partial charge in [-0.1, -0.05) is 61.5 Å². The lowest BCUT2D eigenvalue weighted by atomic mass is 10.1. The molecule has 4 rings (SSSR count). The SMILES string of the molecule is CCc1c(Nc2ccccc2)c2ccccc2n(-c2ccccc2)c1=O. The largest absolute Gasteiger partial charge is 0.355 e. The highest BCUT2D eigenvalue weighted by molar-refractivity contribution is 5.95. The minimum atomic E-state index is 0.0239. The van der Waals surface area contributed by atoms with Crippen molar-refractivity contribution in [3.8, 4) is 5.69 Å². The normalized spacial score (nSPS) is 10.8. The third-order valence-corrected chi connectivity index (χ3v) is 4.59. The second-order valence-corrected chi connectivity index (χ2v) is 6.19. The van der Waals surface area contributed by atoms with Crippen LogP contribution >= 0.6 is 0 Å². The summed E-state index contributed by atoms with van der Waals surface area (Å²) >= 11 is 0. The van der Waals surface area contributed by atoms with E-state index >= 15 is 0 Å². The van der Waals surface area contributed by atoms with Crippen molar-refractivity contribution < 1.29 is 0 Å². The zero-order chi connectivity index (χ0) is 17.9. The van der Waals surface area contributed by atoms with Crippen LogP contribution in [0.4, 0.5) is 11.4 Å². The van der Waals surface area contributed by atoms with Gasteiger partial charge in [0.1, 0.15) is 0 Å². The average Bonchev–Trinajstić information content (AvgIpc) is 2.70. The van der Waals surface area contributed by atoms with Gasteiger partial charge >= 0.3 is 0 Å². The van der Waals surface area contributed by atoms with Gasteiger partial charge in [0.2, 0.25) is 0 Å². The summed E-state index contributed by atoms with van der Waals surface area (Å²) in [5.74, 6) is 0. The number of nitrogens with one attached hydrogen (secondary N) is 1. The number of pyridine rings is 1. The number of nitrogens with zero attached hydrogens (tertiary/aromatic N) is 1. The molecule has 0 aliphatic carbocycles. The van der Waals surface area contributed by atoms with Crippen molar-refractivity contribution in [2.24, 2.45) is 0 Å². The topological polar surface area (TPSA) is 34.0 Å². The summed E-state index contributed by atoms with van der Waals surface area (Å²) in [4.78, 5) is 13.3. The molecule has 0 unspecified atom stereocenters. The Morgan fingerprint density at radius 1 is 0.808 bits per heavy atom. The van der Waals surface area contributed by atoms with Crippen LogP contribution in [0.1, 0.15) is 12.5 Å². The number of benzene rings is 3. The van der Waals surface area contributed by atoms with Crippen molar-refractivity contribution >= 4 is 22.3 Å². The van der Waals surface area contributed by atoms with E-state index in [0.29, 0.717) is 6.42 Å². The first-order valence-electron chi connectivity index (χ1n) is 8.83. The van der Waals surface area contributed by atoms with Crippen LogP contribution in [0.25, 0.3) is 16.6 Å². The Labute approximate surface area is 152 Å². The number of para-hydroxylation sites is 3. The van der Waals surface area contributed by atoms with Gasteiger partial charge in [0.15, 0.2) is 0 Å². The molecule has 0 spiro atoms. The van der Waals surface area contributed by atoms with E-state index in [1.54, 1.807) is 0 Å². The molecule has 0 aliphatic heterocycles. The number of fused-ring (bicyclic) bond motifs is 1. The van der Waals surface area contributed by atoms with Crippen LogP contribution < -0.4 is 10.9 Å².